The summed E-state index contributed by atoms with van der Waals surface area (Å²) in [6.45, 7) is 9.69. The van der Waals surface area contributed by atoms with Crippen molar-refractivity contribution in [2.45, 2.75) is 88.1 Å². The van der Waals surface area contributed by atoms with Crippen molar-refractivity contribution in [3.8, 4) is 23.0 Å². The average molecular weight is 789 g/mol. The molecule has 0 saturated carbocycles. The fourth-order valence-corrected chi connectivity index (χ4v) is 9.79. The molecule has 13 nitrogen and oxygen atoms in total. The minimum absolute atomic E-state index is 0.00810. The highest BCUT2D eigenvalue weighted by Gasteiger charge is 2.56. The van der Waals surface area contributed by atoms with Crippen molar-refractivity contribution >= 4 is 33.6 Å². The van der Waals surface area contributed by atoms with Gasteiger partial charge in [-0.25, -0.2) is 13.6 Å². The number of carbonyl (C=O) groups is 1. The number of methoxy groups -OCH3 is 1. The number of benzene rings is 2. The predicted octanol–water partition coefficient (Wildman–Crippen LogP) is 6.49. The molecule has 4 atom stereocenters. The predicted molar refractivity (Wildman–Crippen MR) is 208 cm³/mol. The number of amides is 1. The number of nitrogens with zero attached hydrogens (tertiary/aromatic N) is 6. The lowest BCUT2D eigenvalue weighted by Crippen LogP contribution is -2.66. The Hall–Kier alpha value is -4.44. The lowest BCUT2D eigenvalue weighted by Gasteiger charge is -2.49. The van der Waals surface area contributed by atoms with Crippen molar-refractivity contribution in [2.75, 3.05) is 71.4 Å². The maximum Gasteiger partial charge on any atom is 0.411 e. The molecule has 5 aliphatic rings. The fraction of sp³-hybridized carbons (Fsp3) is 0.571. The quantitative estimate of drug-likeness (QED) is 0.211. The highest BCUT2D eigenvalue weighted by Crippen LogP contribution is 2.45. The molecule has 9 rings (SSSR count). The molecule has 4 fully saturated rings. The monoisotopic (exact) mass is 788 g/mol. The first kappa shape index (κ1) is 38.1. The number of pyridine rings is 1. The average Bonchev–Trinajstić information content (AvgIpc) is 3.80. The van der Waals surface area contributed by atoms with Gasteiger partial charge < -0.3 is 33.3 Å². The number of anilines is 1. The van der Waals surface area contributed by atoms with Crippen LogP contribution in [0.5, 0.6) is 11.8 Å². The number of carbonyl (C=O) groups excluding carboxylic acids is 1. The zero-order chi connectivity index (χ0) is 39.5. The second-order valence-electron chi connectivity index (χ2n) is 17.2. The summed E-state index contributed by atoms with van der Waals surface area (Å²) in [6.07, 6.45) is 6.13. The van der Waals surface area contributed by atoms with Gasteiger partial charge in [-0.2, -0.15) is 9.97 Å². The van der Waals surface area contributed by atoms with E-state index in [0.717, 1.165) is 45.2 Å². The van der Waals surface area contributed by atoms with Crippen LogP contribution in [0.25, 0.3) is 32.9 Å². The van der Waals surface area contributed by atoms with Gasteiger partial charge in [0, 0.05) is 57.1 Å². The lowest BCUT2D eigenvalue weighted by molar-refractivity contribution is -0.0373. The van der Waals surface area contributed by atoms with Gasteiger partial charge >= 0.3 is 12.1 Å². The summed E-state index contributed by atoms with van der Waals surface area (Å²) in [4.78, 5) is 34.7. The van der Waals surface area contributed by atoms with Gasteiger partial charge in [0.1, 0.15) is 40.8 Å². The third-order valence-electron chi connectivity index (χ3n) is 12.2. The van der Waals surface area contributed by atoms with Gasteiger partial charge in [0.05, 0.1) is 35.2 Å². The van der Waals surface area contributed by atoms with Gasteiger partial charge in [0.25, 0.3) is 0 Å². The van der Waals surface area contributed by atoms with Crippen molar-refractivity contribution < 1.29 is 42.0 Å². The minimum Gasteiger partial charge on any atom is -0.468 e. The van der Waals surface area contributed by atoms with Crippen LogP contribution in [0, 0.1) is 11.6 Å². The van der Waals surface area contributed by atoms with E-state index in [4.69, 9.17) is 38.4 Å². The highest BCUT2D eigenvalue weighted by molar-refractivity contribution is 6.00. The molecule has 57 heavy (non-hydrogen) atoms. The standard InChI is InChI=1S/C42H50F2N6O7/c1-40(2,3)57-39(51)50-27-10-12-42(50)22-48(20-27)37-31-19-45-35(30-17-28(56-25-52-4)16-26-8-5-9-32(43)33(26)30)34(44)36(31)46-38(47-37)55-24-41-11-6-13-49(41)21-29(18-41)54-15-7-14-53-23-42/h5,8-9,16-17,19,27,29H,6-7,10-15,18,20-25H2,1-4H3/t27-,29+,41+,42+/m0/s1. The molecule has 2 spiro atoms. The summed E-state index contributed by atoms with van der Waals surface area (Å²) in [5.41, 5.74) is -1.58. The Morgan fingerprint density at radius 1 is 1.05 bits per heavy atom. The van der Waals surface area contributed by atoms with Crippen molar-refractivity contribution in [1.82, 2.24) is 24.8 Å². The van der Waals surface area contributed by atoms with Gasteiger partial charge in [0.2, 0.25) is 0 Å². The van der Waals surface area contributed by atoms with Crippen LogP contribution < -0.4 is 14.4 Å². The van der Waals surface area contributed by atoms with E-state index in [1.54, 1.807) is 30.5 Å². The van der Waals surface area contributed by atoms with E-state index in [0.29, 0.717) is 61.7 Å². The molecule has 4 aromatic rings. The van der Waals surface area contributed by atoms with Gasteiger partial charge in [-0.1, -0.05) is 12.1 Å². The zero-order valence-electron chi connectivity index (χ0n) is 33.0. The van der Waals surface area contributed by atoms with Gasteiger partial charge in [0.15, 0.2) is 12.6 Å². The normalized spacial score (nSPS) is 26.7. The number of halogens is 2. The van der Waals surface area contributed by atoms with Crippen LogP contribution in [0.15, 0.2) is 36.5 Å². The van der Waals surface area contributed by atoms with Crippen molar-refractivity contribution in [2.24, 2.45) is 0 Å². The topological polar surface area (TPSA) is 121 Å². The maximum atomic E-state index is 17.4. The zero-order valence-corrected chi connectivity index (χ0v) is 33.0. The molecule has 0 unspecified atom stereocenters. The summed E-state index contributed by atoms with van der Waals surface area (Å²) in [7, 11) is 1.50. The maximum absolute atomic E-state index is 17.4. The SMILES string of the molecule is COCOc1cc(-c2ncc3c4nc(nc3c2F)OC[C@]23CCCN2C[C@@H](C3)OCCCOC[C@@]23CC[C@@H](CN4C2)N3C(=O)OC(C)(C)C)c2c(F)cccc2c1. The number of hydrogen-bond acceptors (Lipinski definition) is 12. The molecule has 0 aliphatic carbocycles. The van der Waals surface area contributed by atoms with Gasteiger partial charge in [-0.15, -0.1) is 0 Å². The Morgan fingerprint density at radius 2 is 1.93 bits per heavy atom. The first-order valence-electron chi connectivity index (χ1n) is 20.0. The molecule has 0 N–H and O–H groups in total. The Labute approximate surface area is 330 Å². The molecular formula is C42H50F2N6O7. The van der Waals surface area contributed by atoms with Crippen molar-refractivity contribution in [3.05, 3.63) is 48.2 Å². The van der Waals surface area contributed by atoms with E-state index >= 15 is 8.78 Å². The van der Waals surface area contributed by atoms with Crippen LogP contribution in [0.1, 0.15) is 59.3 Å². The van der Waals surface area contributed by atoms with Gasteiger partial charge in [-0.3, -0.25) is 14.8 Å². The van der Waals surface area contributed by atoms with Crippen LogP contribution in [0.3, 0.4) is 0 Å². The highest BCUT2D eigenvalue weighted by atomic mass is 19.1. The smallest absolute Gasteiger partial charge is 0.411 e. The number of hydrogen-bond donors (Lipinski definition) is 0. The first-order valence-corrected chi connectivity index (χ1v) is 20.0. The number of aromatic nitrogens is 3. The molecule has 5 aliphatic heterocycles. The van der Waals surface area contributed by atoms with Crippen LogP contribution in [-0.2, 0) is 18.9 Å². The molecule has 15 heteroatoms. The van der Waals surface area contributed by atoms with Crippen LogP contribution in [0.2, 0.25) is 0 Å². The summed E-state index contributed by atoms with van der Waals surface area (Å²) in [5, 5.41) is 1.09. The van der Waals surface area contributed by atoms with E-state index < -0.39 is 22.8 Å². The molecule has 7 bridgehead atoms. The molecule has 2 aromatic heterocycles. The van der Waals surface area contributed by atoms with E-state index in [9.17, 15) is 4.79 Å². The minimum atomic E-state index is -0.747. The lowest BCUT2D eigenvalue weighted by atomic mass is 9.94. The Kier molecular flexibility index (Phi) is 9.85. The summed E-state index contributed by atoms with van der Waals surface area (Å²) in [5.74, 6) is -0.459. The number of fused-ring (bicyclic) bond motifs is 9. The largest absolute Gasteiger partial charge is 0.468 e. The van der Waals surface area contributed by atoms with E-state index in [2.05, 4.69) is 14.8 Å². The van der Waals surface area contributed by atoms with Crippen molar-refractivity contribution in [3.63, 3.8) is 0 Å². The van der Waals surface area contributed by atoms with Crippen LogP contribution in [-0.4, -0.2) is 126 Å². The number of piperazine rings is 1. The third-order valence-corrected chi connectivity index (χ3v) is 12.2. The molecule has 7 heterocycles. The summed E-state index contributed by atoms with van der Waals surface area (Å²) in [6, 6.07) is 7.73. The molecule has 304 valence electrons. The van der Waals surface area contributed by atoms with E-state index in [-0.39, 0.29) is 65.3 Å². The molecule has 1 amide bonds. The van der Waals surface area contributed by atoms with Crippen LogP contribution >= 0.6 is 0 Å². The van der Waals surface area contributed by atoms with Crippen LogP contribution in [0.4, 0.5) is 19.4 Å². The number of rotatable bonds is 4. The first-order chi connectivity index (χ1) is 27.5. The van der Waals surface area contributed by atoms with Gasteiger partial charge in [-0.05, 0) is 89.4 Å². The van der Waals surface area contributed by atoms with E-state index in [1.807, 2.05) is 25.7 Å². The second-order valence-corrected chi connectivity index (χ2v) is 17.2. The molecular weight excluding hydrogens is 738 g/mol. The summed E-state index contributed by atoms with van der Waals surface area (Å²) < 4.78 is 69.1. The molecule has 2 aromatic carbocycles. The number of ether oxygens (including phenoxy) is 6. The Balaban J connectivity index is 1.18. The fourth-order valence-electron chi connectivity index (χ4n) is 9.79. The molecule has 4 saturated heterocycles. The Bertz CT molecular complexity index is 2190. The third kappa shape index (κ3) is 6.99. The van der Waals surface area contributed by atoms with Crippen molar-refractivity contribution in [1.29, 1.82) is 0 Å². The summed E-state index contributed by atoms with van der Waals surface area (Å²) >= 11 is 0. The Morgan fingerprint density at radius 3 is 2.77 bits per heavy atom. The second kappa shape index (κ2) is 14.7. The van der Waals surface area contributed by atoms with E-state index in [1.165, 1.54) is 13.2 Å². The molecule has 0 radical (unpaired) electrons.